The molecule has 5 nitrogen and oxygen atoms in total. The Kier molecular flexibility index (Phi) is 3.97. The minimum atomic E-state index is -2.95. The van der Waals surface area contributed by atoms with E-state index in [1.165, 1.54) is 13.0 Å². The normalized spacial score (nSPS) is 17.7. The number of benzene rings is 1. The zero-order chi connectivity index (χ0) is 18.3. The number of hydrogen-bond donors (Lipinski definition) is 2. The number of aromatic nitrogens is 2. The number of halogens is 3. The van der Waals surface area contributed by atoms with Gasteiger partial charge in [-0.05, 0) is 19.9 Å². The van der Waals surface area contributed by atoms with E-state index in [9.17, 15) is 23.7 Å². The number of aryl methyl sites for hydroxylation is 1. The lowest BCUT2D eigenvalue weighted by molar-refractivity contribution is 0.180. The highest BCUT2D eigenvalue weighted by Crippen LogP contribution is 2.40. The Labute approximate surface area is 141 Å². The molecule has 2 N–H and O–H groups in total. The van der Waals surface area contributed by atoms with E-state index in [0.29, 0.717) is 16.6 Å². The van der Waals surface area contributed by atoms with Crippen LogP contribution in [0.5, 0.6) is 0 Å². The van der Waals surface area contributed by atoms with Gasteiger partial charge in [0.05, 0.1) is 40.4 Å². The molecule has 1 aliphatic rings. The molecular weight excluding hydrogens is 331 g/mol. The zero-order valence-electron chi connectivity index (χ0n) is 13.3. The van der Waals surface area contributed by atoms with Crippen LogP contribution in [0.15, 0.2) is 34.7 Å². The van der Waals surface area contributed by atoms with E-state index in [4.69, 9.17) is 0 Å². The lowest BCUT2D eigenvalue weighted by Crippen LogP contribution is -2.28. The van der Waals surface area contributed by atoms with E-state index in [1.807, 2.05) is 6.07 Å². The molecule has 0 spiro atoms. The molecule has 1 aromatic carbocycles. The second kappa shape index (κ2) is 5.99. The molecule has 0 unspecified atom stereocenters. The van der Waals surface area contributed by atoms with Crippen LogP contribution in [0.25, 0.3) is 10.9 Å². The van der Waals surface area contributed by atoms with Crippen molar-refractivity contribution in [1.29, 1.82) is 10.5 Å². The summed E-state index contributed by atoms with van der Waals surface area (Å²) in [6, 6.07) is 6.23. The number of nitriles is 2. The highest BCUT2D eigenvalue weighted by Gasteiger charge is 2.35. The van der Waals surface area contributed by atoms with Gasteiger partial charge < -0.3 is 5.32 Å². The van der Waals surface area contributed by atoms with Crippen molar-refractivity contribution in [1.82, 2.24) is 15.5 Å². The van der Waals surface area contributed by atoms with Gasteiger partial charge in [-0.1, -0.05) is 0 Å². The summed E-state index contributed by atoms with van der Waals surface area (Å²) in [5.74, 6) is -1.91. The van der Waals surface area contributed by atoms with Crippen molar-refractivity contribution in [2.75, 3.05) is 0 Å². The Morgan fingerprint density at radius 1 is 1.16 bits per heavy atom. The molecule has 0 saturated heterocycles. The van der Waals surface area contributed by atoms with Crippen LogP contribution in [-0.2, 0) is 0 Å². The first kappa shape index (κ1) is 16.6. The number of H-pyrrole nitrogens is 1. The summed E-state index contributed by atoms with van der Waals surface area (Å²) in [6.07, 6.45) is -2.95. The minimum Gasteiger partial charge on any atom is -0.356 e. The topological polar surface area (TPSA) is 88.3 Å². The van der Waals surface area contributed by atoms with E-state index >= 15 is 0 Å². The molecule has 0 bridgehead atoms. The number of dihydropyridines is 1. The molecular formula is C17H12F3N5. The second-order valence-electron chi connectivity index (χ2n) is 5.69. The molecule has 1 aromatic heterocycles. The molecule has 25 heavy (non-hydrogen) atoms. The number of allylic oxidation sites excluding steroid dienone is 4. The number of rotatable bonds is 2. The quantitative estimate of drug-likeness (QED) is 0.873. The van der Waals surface area contributed by atoms with Crippen LogP contribution in [0.3, 0.4) is 0 Å². The molecule has 1 atom stereocenters. The maximum Gasteiger partial charge on any atom is 0.279 e. The fourth-order valence-electron chi connectivity index (χ4n) is 3.01. The van der Waals surface area contributed by atoms with E-state index in [2.05, 4.69) is 15.5 Å². The fraction of sp³-hybridized carbons (Fsp3) is 0.235. The van der Waals surface area contributed by atoms with Gasteiger partial charge in [-0.3, -0.25) is 5.10 Å². The Morgan fingerprint density at radius 2 is 1.84 bits per heavy atom. The minimum absolute atomic E-state index is 0.0101. The van der Waals surface area contributed by atoms with Gasteiger partial charge >= 0.3 is 0 Å². The van der Waals surface area contributed by atoms with Gasteiger partial charge in [-0.15, -0.1) is 0 Å². The monoisotopic (exact) mass is 343 g/mol. The molecule has 0 amide bonds. The largest absolute Gasteiger partial charge is 0.356 e. The van der Waals surface area contributed by atoms with Crippen LogP contribution >= 0.6 is 0 Å². The van der Waals surface area contributed by atoms with Crippen LogP contribution in [0.1, 0.15) is 24.1 Å². The predicted octanol–water partition coefficient (Wildman–Crippen LogP) is 3.54. The lowest BCUT2D eigenvalue weighted by atomic mass is 9.80. The Bertz CT molecular complexity index is 1020. The molecule has 2 aromatic rings. The van der Waals surface area contributed by atoms with Crippen molar-refractivity contribution in [3.63, 3.8) is 0 Å². The van der Waals surface area contributed by atoms with Crippen LogP contribution in [-0.4, -0.2) is 16.6 Å². The predicted molar refractivity (Wildman–Crippen MR) is 83.6 cm³/mol. The number of nitrogens with one attached hydrogen (secondary N) is 2. The van der Waals surface area contributed by atoms with Gasteiger partial charge in [-0.2, -0.15) is 15.6 Å². The standard InChI is InChI=1S/C17H12F3N5/c1-7-11(5-21)15(12(6-22)16(23-7)17(19)20)10-3-9-8(2)24-25-14(9)4-13(10)18/h3-4,15,17,23H,1-2H3,(H,24,25)/t15-/m0/s1. The number of fused-ring (bicyclic) bond motifs is 1. The summed E-state index contributed by atoms with van der Waals surface area (Å²) in [7, 11) is 0. The maximum atomic E-state index is 14.7. The third-order valence-electron chi connectivity index (χ3n) is 4.23. The van der Waals surface area contributed by atoms with Gasteiger partial charge in [0.15, 0.2) is 0 Å². The molecule has 2 heterocycles. The third kappa shape index (κ3) is 2.52. The maximum absolute atomic E-state index is 14.7. The number of hydrogen-bond acceptors (Lipinski definition) is 4. The van der Waals surface area contributed by atoms with Gasteiger partial charge in [0.1, 0.15) is 5.82 Å². The average molecular weight is 343 g/mol. The highest BCUT2D eigenvalue weighted by atomic mass is 19.3. The van der Waals surface area contributed by atoms with Crippen molar-refractivity contribution in [3.05, 3.63) is 51.7 Å². The second-order valence-corrected chi connectivity index (χ2v) is 5.69. The summed E-state index contributed by atoms with van der Waals surface area (Å²) < 4.78 is 41.3. The number of alkyl halides is 2. The molecule has 0 fully saturated rings. The fourth-order valence-corrected chi connectivity index (χ4v) is 3.01. The van der Waals surface area contributed by atoms with E-state index in [-0.39, 0.29) is 22.4 Å². The molecule has 0 radical (unpaired) electrons. The van der Waals surface area contributed by atoms with Gasteiger partial charge in [0, 0.05) is 28.4 Å². The number of nitrogens with zero attached hydrogens (tertiary/aromatic N) is 3. The first-order valence-corrected chi connectivity index (χ1v) is 7.33. The molecule has 0 aliphatic carbocycles. The first-order valence-electron chi connectivity index (χ1n) is 7.33. The van der Waals surface area contributed by atoms with Gasteiger partial charge in [0.25, 0.3) is 6.43 Å². The summed E-state index contributed by atoms with van der Waals surface area (Å²) in [5.41, 5.74) is 0.267. The third-order valence-corrected chi connectivity index (χ3v) is 4.23. The molecule has 8 heteroatoms. The SMILES string of the molecule is CC1=C(C#N)[C@H](c2cc3c(C)[nH]nc3cc2F)C(C#N)=C(C(F)F)N1. The smallest absolute Gasteiger partial charge is 0.279 e. The molecule has 126 valence electrons. The van der Waals surface area contributed by atoms with Crippen molar-refractivity contribution >= 4 is 10.9 Å². The Hall–Kier alpha value is -3.26. The molecule has 1 aliphatic heterocycles. The van der Waals surface area contributed by atoms with E-state index < -0.39 is 23.9 Å². The van der Waals surface area contributed by atoms with E-state index in [0.717, 1.165) is 6.07 Å². The zero-order valence-corrected chi connectivity index (χ0v) is 13.3. The Balaban J connectivity index is 2.33. The summed E-state index contributed by atoms with van der Waals surface area (Å²) in [4.78, 5) is 0. The van der Waals surface area contributed by atoms with Gasteiger partial charge in [0.2, 0.25) is 0 Å². The molecule has 3 rings (SSSR count). The van der Waals surface area contributed by atoms with Crippen molar-refractivity contribution in [3.8, 4) is 12.1 Å². The summed E-state index contributed by atoms with van der Waals surface area (Å²) in [6.45, 7) is 3.18. The summed E-state index contributed by atoms with van der Waals surface area (Å²) in [5, 5.41) is 28.5. The van der Waals surface area contributed by atoms with Crippen molar-refractivity contribution in [2.24, 2.45) is 0 Å². The van der Waals surface area contributed by atoms with E-state index in [1.54, 1.807) is 13.0 Å². The lowest BCUT2D eigenvalue weighted by Gasteiger charge is -2.27. The van der Waals surface area contributed by atoms with Crippen molar-refractivity contribution in [2.45, 2.75) is 26.2 Å². The summed E-state index contributed by atoms with van der Waals surface area (Å²) >= 11 is 0. The first-order chi connectivity index (χ1) is 11.9. The van der Waals surface area contributed by atoms with Crippen molar-refractivity contribution < 1.29 is 13.2 Å². The highest BCUT2D eigenvalue weighted by molar-refractivity contribution is 5.82. The average Bonchev–Trinajstić information content (AvgIpc) is 2.93. The van der Waals surface area contributed by atoms with Crippen LogP contribution < -0.4 is 5.32 Å². The Morgan fingerprint density at radius 3 is 2.44 bits per heavy atom. The van der Waals surface area contributed by atoms with Crippen LogP contribution in [0, 0.1) is 35.4 Å². The van der Waals surface area contributed by atoms with Crippen LogP contribution in [0.2, 0.25) is 0 Å². The van der Waals surface area contributed by atoms with Gasteiger partial charge in [-0.25, -0.2) is 13.2 Å². The van der Waals surface area contributed by atoms with Crippen LogP contribution in [0.4, 0.5) is 13.2 Å². The number of aromatic amines is 1. The molecule has 0 saturated carbocycles.